The summed E-state index contributed by atoms with van der Waals surface area (Å²) in [4.78, 5) is 13.4. The summed E-state index contributed by atoms with van der Waals surface area (Å²) in [6.07, 6.45) is 5.21. The van der Waals surface area contributed by atoms with E-state index in [1.165, 1.54) is 31.4 Å². The normalized spacial score (nSPS) is 16.4. The molecule has 1 saturated heterocycles. The van der Waals surface area contributed by atoms with Gasteiger partial charge in [-0.25, -0.2) is 0 Å². The van der Waals surface area contributed by atoms with E-state index < -0.39 is 0 Å². The first-order valence-electron chi connectivity index (χ1n) is 6.38. The minimum atomic E-state index is -0.0157. The highest BCUT2D eigenvalue weighted by Crippen LogP contribution is 2.22. The number of nitrogens with one attached hydrogen (secondary N) is 1. The van der Waals surface area contributed by atoms with Crippen LogP contribution in [-0.2, 0) is 4.79 Å². The van der Waals surface area contributed by atoms with Gasteiger partial charge in [-0.3, -0.25) is 4.79 Å². The fourth-order valence-electron chi connectivity index (χ4n) is 2.31. The van der Waals surface area contributed by atoms with Gasteiger partial charge in [0.2, 0.25) is 5.91 Å². The van der Waals surface area contributed by atoms with Gasteiger partial charge in [-0.2, -0.15) is 0 Å². The Morgan fingerprint density at radius 2 is 1.88 bits per heavy atom. The van der Waals surface area contributed by atoms with E-state index in [0.29, 0.717) is 0 Å². The van der Waals surface area contributed by atoms with E-state index in [1.54, 1.807) is 6.92 Å². The van der Waals surface area contributed by atoms with E-state index >= 15 is 0 Å². The van der Waals surface area contributed by atoms with Gasteiger partial charge in [-0.05, 0) is 31.0 Å². The van der Waals surface area contributed by atoms with Crippen LogP contribution in [0.2, 0.25) is 0 Å². The summed E-state index contributed by atoms with van der Waals surface area (Å²) in [5.41, 5.74) is 2.11. The molecule has 0 atom stereocenters. The summed E-state index contributed by atoms with van der Waals surface area (Å²) in [7, 11) is 0. The van der Waals surface area contributed by atoms with Crippen molar-refractivity contribution in [1.82, 2.24) is 0 Å². The van der Waals surface area contributed by atoms with Crippen LogP contribution in [0.15, 0.2) is 24.3 Å². The fourth-order valence-corrected chi connectivity index (χ4v) is 2.31. The van der Waals surface area contributed by atoms with E-state index in [4.69, 9.17) is 0 Å². The minimum absolute atomic E-state index is 0.0157. The molecular formula is C14H20N2O. The Bertz CT molecular complexity index is 382. The highest BCUT2D eigenvalue weighted by molar-refractivity contribution is 5.89. The number of carbonyl (C=O) groups is 1. The first-order valence-corrected chi connectivity index (χ1v) is 6.38. The van der Waals surface area contributed by atoms with Crippen LogP contribution in [-0.4, -0.2) is 19.0 Å². The Morgan fingerprint density at radius 1 is 1.18 bits per heavy atom. The maximum atomic E-state index is 11.0. The summed E-state index contributed by atoms with van der Waals surface area (Å²) in [6.45, 7) is 3.80. The zero-order chi connectivity index (χ0) is 12.1. The molecule has 1 fully saturated rings. The maximum Gasteiger partial charge on any atom is 0.221 e. The third-order valence-electron chi connectivity index (χ3n) is 3.14. The van der Waals surface area contributed by atoms with E-state index in [2.05, 4.69) is 22.3 Å². The summed E-state index contributed by atoms with van der Waals surface area (Å²) >= 11 is 0. The molecule has 1 N–H and O–H groups in total. The molecule has 0 aromatic heterocycles. The molecule has 0 spiro atoms. The summed E-state index contributed by atoms with van der Waals surface area (Å²) in [5.74, 6) is -0.0157. The van der Waals surface area contributed by atoms with Crippen LogP contribution in [0.1, 0.15) is 32.6 Å². The second-order valence-corrected chi connectivity index (χ2v) is 4.63. The molecule has 17 heavy (non-hydrogen) atoms. The van der Waals surface area contributed by atoms with Crippen molar-refractivity contribution in [3.05, 3.63) is 24.3 Å². The lowest BCUT2D eigenvalue weighted by Crippen LogP contribution is -2.23. The molecule has 1 aliphatic rings. The zero-order valence-corrected chi connectivity index (χ0v) is 10.4. The number of carbonyl (C=O) groups excluding carboxylic acids is 1. The number of amides is 1. The minimum Gasteiger partial charge on any atom is -0.371 e. The molecule has 1 heterocycles. The lowest BCUT2D eigenvalue weighted by Gasteiger charge is -2.23. The molecule has 1 amide bonds. The molecule has 0 aliphatic carbocycles. The van der Waals surface area contributed by atoms with Gasteiger partial charge in [0, 0.05) is 31.4 Å². The van der Waals surface area contributed by atoms with E-state index in [-0.39, 0.29) is 5.91 Å². The van der Waals surface area contributed by atoms with Crippen molar-refractivity contribution in [2.24, 2.45) is 0 Å². The largest absolute Gasteiger partial charge is 0.371 e. The van der Waals surface area contributed by atoms with Crippen LogP contribution in [0.25, 0.3) is 0 Å². The Balaban J connectivity index is 2.11. The van der Waals surface area contributed by atoms with Crippen molar-refractivity contribution in [3.8, 4) is 0 Å². The van der Waals surface area contributed by atoms with Crippen molar-refractivity contribution in [2.45, 2.75) is 32.6 Å². The molecular weight excluding hydrogens is 212 g/mol. The first-order chi connectivity index (χ1) is 8.25. The summed E-state index contributed by atoms with van der Waals surface area (Å²) in [5, 5.41) is 2.83. The number of benzene rings is 1. The number of hydrogen-bond donors (Lipinski definition) is 1. The first kappa shape index (κ1) is 12.0. The van der Waals surface area contributed by atoms with Crippen molar-refractivity contribution in [3.63, 3.8) is 0 Å². The molecule has 92 valence electrons. The lowest BCUT2D eigenvalue weighted by atomic mass is 10.2. The number of rotatable bonds is 2. The van der Waals surface area contributed by atoms with Crippen molar-refractivity contribution in [1.29, 1.82) is 0 Å². The summed E-state index contributed by atoms with van der Waals surface area (Å²) in [6, 6.07) is 8.12. The Labute approximate surface area is 103 Å². The Morgan fingerprint density at radius 3 is 2.53 bits per heavy atom. The van der Waals surface area contributed by atoms with Crippen molar-refractivity contribution >= 4 is 17.3 Å². The molecule has 0 bridgehead atoms. The van der Waals surface area contributed by atoms with Crippen molar-refractivity contribution < 1.29 is 4.79 Å². The number of hydrogen-bond acceptors (Lipinski definition) is 2. The van der Waals surface area contributed by atoms with Gasteiger partial charge in [-0.1, -0.05) is 18.9 Å². The van der Waals surface area contributed by atoms with E-state index in [9.17, 15) is 4.79 Å². The van der Waals surface area contributed by atoms with Crippen LogP contribution < -0.4 is 10.2 Å². The van der Waals surface area contributed by atoms with E-state index in [0.717, 1.165) is 18.8 Å². The Hall–Kier alpha value is -1.51. The standard InChI is InChI=1S/C14H20N2O/c1-12(17)15-13-7-6-8-14(11-13)16-9-4-2-3-5-10-16/h6-8,11H,2-5,9-10H2,1H3,(H,15,17). The number of anilines is 2. The smallest absolute Gasteiger partial charge is 0.221 e. The molecule has 0 radical (unpaired) electrons. The Kier molecular flexibility index (Phi) is 4.02. The highest BCUT2D eigenvalue weighted by atomic mass is 16.1. The molecule has 1 aliphatic heterocycles. The van der Waals surface area contributed by atoms with Crippen LogP contribution in [0.4, 0.5) is 11.4 Å². The van der Waals surface area contributed by atoms with Crippen molar-refractivity contribution in [2.75, 3.05) is 23.3 Å². The maximum absolute atomic E-state index is 11.0. The van der Waals surface area contributed by atoms with Gasteiger partial charge in [0.25, 0.3) is 0 Å². The predicted molar refractivity (Wildman–Crippen MR) is 71.4 cm³/mol. The molecule has 1 aromatic carbocycles. The summed E-state index contributed by atoms with van der Waals surface area (Å²) < 4.78 is 0. The predicted octanol–water partition coefficient (Wildman–Crippen LogP) is 3.03. The highest BCUT2D eigenvalue weighted by Gasteiger charge is 2.10. The lowest BCUT2D eigenvalue weighted by molar-refractivity contribution is -0.114. The van der Waals surface area contributed by atoms with Gasteiger partial charge >= 0.3 is 0 Å². The van der Waals surface area contributed by atoms with Crippen LogP contribution in [0.5, 0.6) is 0 Å². The quantitative estimate of drug-likeness (QED) is 0.850. The molecule has 3 heteroatoms. The zero-order valence-electron chi connectivity index (χ0n) is 10.4. The molecule has 0 saturated carbocycles. The van der Waals surface area contributed by atoms with Gasteiger partial charge < -0.3 is 10.2 Å². The van der Waals surface area contributed by atoms with Gasteiger partial charge in [-0.15, -0.1) is 0 Å². The average molecular weight is 232 g/mol. The third-order valence-corrected chi connectivity index (χ3v) is 3.14. The van der Waals surface area contributed by atoms with E-state index in [1.807, 2.05) is 12.1 Å². The monoisotopic (exact) mass is 232 g/mol. The van der Waals surface area contributed by atoms with Gasteiger partial charge in [0.15, 0.2) is 0 Å². The fraction of sp³-hybridized carbons (Fsp3) is 0.500. The average Bonchev–Trinajstić information content (AvgIpc) is 2.57. The third kappa shape index (κ3) is 3.48. The molecule has 1 aromatic rings. The molecule has 2 rings (SSSR count). The molecule has 0 unspecified atom stereocenters. The second kappa shape index (κ2) is 5.71. The topological polar surface area (TPSA) is 32.3 Å². The van der Waals surface area contributed by atoms with Crippen LogP contribution in [0, 0.1) is 0 Å². The van der Waals surface area contributed by atoms with Crippen LogP contribution >= 0.6 is 0 Å². The molecule has 3 nitrogen and oxygen atoms in total. The van der Waals surface area contributed by atoms with Gasteiger partial charge in [0.1, 0.15) is 0 Å². The number of nitrogens with zero attached hydrogens (tertiary/aromatic N) is 1. The van der Waals surface area contributed by atoms with Gasteiger partial charge in [0.05, 0.1) is 0 Å². The second-order valence-electron chi connectivity index (χ2n) is 4.63. The van der Waals surface area contributed by atoms with Crippen LogP contribution in [0.3, 0.4) is 0 Å². The SMILES string of the molecule is CC(=O)Nc1cccc(N2CCCCCC2)c1.